The molecule has 0 amide bonds. The summed E-state index contributed by atoms with van der Waals surface area (Å²) < 4.78 is 5.69. The van der Waals surface area contributed by atoms with Crippen molar-refractivity contribution in [2.45, 2.75) is 33.1 Å². The van der Waals surface area contributed by atoms with Crippen molar-refractivity contribution in [2.75, 3.05) is 19.7 Å². The molecule has 0 saturated carbocycles. The molecule has 1 saturated heterocycles. The molecule has 0 N–H and O–H groups in total. The molecule has 0 bridgehead atoms. The van der Waals surface area contributed by atoms with Crippen LogP contribution in [0, 0.1) is 5.92 Å². The van der Waals surface area contributed by atoms with Crippen LogP contribution >= 0.6 is 12.2 Å². The Morgan fingerprint density at radius 1 is 1.16 bits per heavy atom. The highest BCUT2D eigenvalue weighted by molar-refractivity contribution is 7.80. The summed E-state index contributed by atoms with van der Waals surface area (Å²) in [6, 6.07) is 8.20. The maximum Gasteiger partial charge on any atom is 0.119 e. The van der Waals surface area contributed by atoms with Gasteiger partial charge in [-0.05, 0) is 49.4 Å². The molecular formula is C16H23NOS. The lowest BCUT2D eigenvalue weighted by molar-refractivity contribution is 0.271. The van der Waals surface area contributed by atoms with Crippen molar-refractivity contribution >= 4 is 17.2 Å². The van der Waals surface area contributed by atoms with Crippen LogP contribution in [-0.2, 0) is 0 Å². The Balaban J connectivity index is 1.95. The van der Waals surface area contributed by atoms with Crippen molar-refractivity contribution in [2.24, 2.45) is 5.92 Å². The number of benzene rings is 1. The smallest absolute Gasteiger partial charge is 0.119 e. The Morgan fingerprint density at radius 2 is 1.79 bits per heavy atom. The summed E-state index contributed by atoms with van der Waals surface area (Å²) in [5, 5.41) is 0. The summed E-state index contributed by atoms with van der Waals surface area (Å²) in [4.78, 5) is 3.30. The molecule has 2 nitrogen and oxygen atoms in total. The predicted octanol–water partition coefficient (Wildman–Crippen LogP) is 3.88. The topological polar surface area (TPSA) is 12.5 Å². The van der Waals surface area contributed by atoms with Crippen molar-refractivity contribution in [1.29, 1.82) is 0 Å². The van der Waals surface area contributed by atoms with Gasteiger partial charge in [0, 0.05) is 18.7 Å². The second kappa shape index (κ2) is 6.90. The fraction of sp³-hybridized carbons (Fsp3) is 0.562. The second-order valence-corrected chi connectivity index (χ2v) is 5.97. The first-order valence-corrected chi connectivity index (χ1v) is 7.60. The lowest BCUT2D eigenvalue weighted by atomic mass is 10.1. The zero-order valence-electron chi connectivity index (χ0n) is 11.9. The van der Waals surface area contributed by atoms with E-state index in [1.54, 1.807) is 0 Å². The van der Waals surface area contributed by atoms with Crippen molar-refractivity contribution in [3.8, 4) is 5.75 Å². The van der Waals surface area contributed by atoms with E-state index in [1.165, 1.54) is 19.3 Å². The van der Waals surface area contributed by atoms with E-state index in [0.717, 1.165) is 36.0 Å². The molecule has 2 rings (SSSR count). The molecule has 0 radical (unpaired) electrons. The molecule has 0 aliphatic carbocycles. The van der Waals surface area contributed by atoms with E-state index in [-0.39, 0.29) is 0 Å². The Kier molecular flexibility index (Phi) is 5.20. The summed E-state index contributed by atoms with van der Waals surface area (Å²) >= 11 is 5.58. The van der Waals surface area contributed by atoms with Crippen LogP contribution in [0.3, 0.4) is 0 Å². The standard InChI is InChI=1S/C16H23NOS/c1-13(2)12-18-15-8-6-14(7-9-15)16(19)17-10-4-3-5-11-17/h6-9,13H,3-5,10-12H2,1-2H3. The van der Waals surface area contributed by atoms with E-state index in [0.29, 0.717) is 5.92 Å². The average Bonchev–Trinajstić information content (AvgIpc) is 2.46. The van der Waals surface area contributed by atoms with Crippen LogP contribution in [-0.4, -0.2) is 29.6 Å². The molecule has 0 spiro atoms. The predicted molar refractivity (Wildman–Crippen MR) is 83.9 cm³/mol. The molecule has 1 aromatic carbocycles. The van der Waals surface area contributed by atoms with Gasteiger partial charge in [-0.2, -0.15) is 0 Å². The van der Waals surface area contributed by atoms with Gasteiger partial charge in [-0.25, -0.2) is 0 Å². The van der Waals surface area contributed by atoms with Gasteiger partial charge >= 0.3 is 0 Å². The lowest BCUT2D eigenvalue weighted by Gasteiger charge is -2.29. The molecule has 1 aliphatic rings. The van der Waals surface area contributed by atoms with Crippen molar-refractivity contribution in [1.82, 2.24) is 4.90 Å². The number of nitrogens with zero attached hydrogens (tertiary/aromatic N) is 1. The molecule has 1 heterocycles. The van der Waals surface area contributed by atoms with Crippen molar-refractivity contribution in [3.63, 3.8) is 0 Å². The highest BCUT2D eigenvalue weighted by Crippen LogP contribution is 2.17. The quantitative estimate of drug-likeness (QED) is 0.775. The summed E-state index contributed by atoms with van der Waals surface area (Å²) in [5.74, 6) is 1.48. The Bertz CT molecular complexity index is 407. The van der Waals surface area contributed by atoms with Gasteiger partial charge in [0.2, 0.25) is 0 Å². The third-order valence-corrected chi connectivity index (χ3v) is 3.82. The second-order valence-electron chi connectivity index (χ2n) is 5.58. The van der Waals surface area contributed by atoms with E-state index >= 15 is 0 Å². The maximum atomic E-state index is 5.69. The number of thiocarbonyl (C=S) groups is 1. The van der Waals surface area contributed by atoms with Crippen LogP contribution in [0.4, 0.5) is 0 Å². The van der Waals surface area contributed by atoms with Crippen LogP contribution < -0.4 is 4.74 Å². The molecule has 1 aromatic rings. The van der Waals surface area contributed by atoms with Gasteiger partial charge in [0.25, 0.3) is 0 Å². The number of ether oxygens (including phenoxy) is 1. The Morgan fingerprint density at radius 3 is 2.37 bits per heavy atom. The monoisotopic (exact) mass is 277 g/mol. The van der Waals surface area contributed by atoms with Crippen molar-refractivity contribution in [3.05, 3.63) is 29.8 Å². The van der Waals surface area contributed by atoms with Crippen LogP contribution in [0.2, 0.25) is 0 Å². The Hall–Kier alpha value is -1.09. The van der Waals surface area contributed by atoms with Gasteiger partial charge in [-0.3, -0.25) is 0 Å². The van der Waals surface area contributed by atoms with Gasteiger partial charge in [0.1, 0.15) is 10.7 Å². The first-order valence-electron chi connectivity index (χ1n) is 7.19. The number of rotatable bonds is 4. The van der Waals surface area contributed by atoms with Gasteiger partial charge in [0.15, 0.2) is 0 Å². The first-order chi connectivity index (χ1) is 9.16. The van der Waals surface area contributed by atoms with Crippen LogP contribution in [0.1, 0.15) is 38.7 Å². The molecule has 1 aliphatic heterocycles. The molecular weight excluding hydrogens is 254 g/mol. The average molecular weight is 277 g/mol. The first kappa shape index (κ1) is 14.3. The van der Waals surface area contributed by atoms with Gasteiger partial charge < -0.3 is 9.64 Å². The third-order valence-electron chi connectivity index (χ3n) is 3.33. The Labute approximate surface area is 121 Å². The van der Waals surface area contributed by atoms with E-state index < -0.39 is 0 Å². The molecule has 1 fully saturated rings. The number of likely N-dealkylation sites (tertiary alicyclic amines) is 1. The highest BCUT2D eigenvalue weighted by Gasteiger charge is 2.14. The van der Waals surface area contributed by atoms with E-state index in [1.807, 2.05) is 12.1 Å². The highest BCUT2D eigenvalue weighted by atomic mass is 32.1. The third kappa shape index (κ3) is 4.20. The fourth-order valence-corrected chi connectivity index (χ4v) is 2.55. The number of piperidine rings is 1. The summed E-state index contributed by atoms with van der Waals surface area (Å²) in [6.07, 6.45) is 3.85. The number of hydrogen-bond donors (Lipinski definition) is 0. The van der Waals surface area contributed by atoms with Gasteiger partial charge in [-0.15, -0.1) is 0 Å². The molecule has 0 atom stereocenters. The zero-order valence-corrected chi connectivity index (χ0v) is 12.7. The van der Waals surface area contributed by atoms with Gasteiger partial charge in [0.05, 0.1) is 6.61 Å². The molecule has 104 valence electrons. The van der Waals surface area contributed by atoms with Crippen LogP contribution in [0.25, 0.3) is 0 Å². The van der Waals surface area contributed by atoms with E-state index in [4.69, 9.17) is 17.0 Å². The summed E-state index contributed by atoms with van der Waals surface area (Å²) in [6.45, 7) is 7.27. The number of hydrogen-bond acceptors (Lipinski definition) is 2. The minimum Gasteiger partial charge on any atom is -0.493 e. The summed E-state index contributed by atoms with van der Waals surface area (Å²) in [7, 11) is 0. The van der Waals surface area contributed by atoms with Gasteiger partial charge in [-0.1, -0.05) is 26.1 Å². The van der Waals surface area contributed by atoms with E-state index in [2.05, 4.69) is 30.9 Å². The minimum atomic E-state index is 0.550. The largest absolute Gasteiger partial charge is 0.493 e. The fourth-order valence-electron chi connectivity index (χ4n) is 2.24. The van der Waals surface area contributed by atoms with E-state index in [9.17, 15) is 0 Å². The zero-order chi connectivity index (χ0) is 13.7. The van der Waals surface area contributed by atoms with Crippen LogP contribution in [0.15, 0.2) is 24.3 Å². The molecule has 19 heavy (non-hydrogen) atoms. The maximum absolute atomic E-state index is 5.69. The lowest BCUT2D eigenvalue weighted by Crippen LogP contribution is -2.34. The molecule has 0 unspecified atom stereocenters. The van der Waals surface area contributed by atoms with Crippen LogP contribution in [0.5, 0.6) is 5.75 Å². The SMILES string of the molecule is CC(C)COc1ccc(C(=S)N2CCCCC2)cc1. The molecule has 3 heteroatoms. The minimum absolute atomic E-state index is 0.550. The molecule has 0 aromatic heterocycles. The summed E-state index contributed by atoms with van der Waals surface area (Å²) in [5.41, 5.74) is 1.13. The van der Waals surface area contributed by atoms with Crippen molar-refractivity contribution < 1.29 is 4.74 Å². The normalized spacial score (nSPS) is 15.6.